The molecule has 1 aromatic rings. The van der Waals surface area contributed by atoms with Crippen LogP contribution in [-0.2, 0) is 6.42 Å². The molecule has 74 valence electrons. The van der Waals surface area contributed by atoms with Crippen molar-refractivity contribution in [3.63, 3.8) is 0 Å². The Kier molecular flexibility index (Phi) is 3.55. The molecule has 0 fully saturated rings. The largest absolute Gasteiger partial charge is 0.395 e. The summed E-state index contributed by atoms with van der Waals surface area (Å²) in [6.45, 7) is -0.282. The number of aliphatic hydroxyl groups is 1. The molecule has 0 saturated carbocycles. The van der Waals surface area contributed by atoms with Gasteiger partial charge in [-0.3, -0.25) is 0 Å². The van der Waals surface area contributed by atoms with Crippen LogP contribution in [0.1, 0.15) is 5.56 Å². The Balaban J connectivity index is 2.78. The van der Waals surface area contributed by atoms with Crippen molar-refractivity contribution >= 4 is 0 Å². The summed E-state index contributed by atoms with van der Waals surface area (Å²) < 4.78 is 25.2. The maximum atomic E-state index is 12.7. The lowest BCUT2D eigenvalue weighted by atomic mass is 10.0. The lowest BCUT2D eigenvalue weighted by Gasteiger charge is -2.05. The molecule has 1 rings (SSSR count). The van der Waals surface area contributed by atoms with Crippen molar-refractivity contribution < 1.29 is 13.9 Å². The minimum atomic E-state index is -0.933. The summed E-state index contributed by atoms with van der Waals surface area (Å²) in [5.74, 6) is -2.41. The first-order chi connectivity index (χ1) is 6.67. The molecule has 0 spiro atoms. The van der Waals surface area contributed by atoms with Gasteiger partial charge in [0.2, 0.25) is 0 Å². The van der Waals surface area contributed by atoms with Gasteiger partial charge in [0, 0.05) is 0 Å². The van der Waals surface area contributed by atoms with Crippen LogP contribution in [0.3, 0.4) is 0 Å². The monoisotopic (exact) mass is 197 g/mol. The highest BCUT2D eigenvalue weighted by molar-refractivity contribution is 5.19. The van der Waals surface area contributed by atoms with Crippen LogP contribution >= 0.6 is 0 Å². The highest BCUT2D eigenvalue weighted by atomic mass is 19.2. The SMILES string of the molecule is N#CC(CO)Cc1ccc(F)c(F)c1. The molecule has 0 amide bonds. The summed E-state index contributed by atoms with van der Waals surface area (Å²) in [6, 6.07) is 5.32. The van der Waals surface area contributed by atoms with Crippen molar-refractivity contribution in [2.75, 3.05) is 6.61 Å². The predicted octanol–water partition coefficient (Wildman–Crippen LogP) is 1.64. The molecule has 1 aromatic carbocycles. The van der Waals surface area contributed by atoms with Crippen LogP contribution in [0.5, 0.6) is 0 Å². The predicted molar refractivity (Wildman–Crippen MR) is 46.3 cm³/mol. The van der Waals surface area contributed by atoms with E-state index in [0.29, 0.717) is 5.56 Å². The van der Waals surface area contributed by atoms with E-state index in [2.05, 4.69) is 0 Å². The van der Waals surface area contributed by atoms with Gasteiger partial charge in [-0.05, 0) is 24.1 Å². The molecule has 14 heavy (non-hydrogen) atoms. The second-order valence-corrected chi connectivity index (χ2v) is 2.96. The first-order valence-electron chi connectivity index (χ1n) is 4.11. The molecule has 1 atom stereocenters. The fraction of sp³-hybridized carbons (Fsp3) is 0.300. The molecule has 0 aliphatic carbocycles. The summed E-state index contributed by atoms with van der Waals surface area (Å²) in [6.07, 6.45) is 0.226. The first-order valence-corrected chi connectivity index (χ1v) is 4.11. The van der Waals surface area contributed by atoms with Crippen LogP contribution in [0.2, 0.25) is 0 Å². The molecular weight excluding hydrogens is 188 g/mol. The van der Waals surface area contributed by atoms with Crippen LogP contribution in [0.4, 0.5) is 8.78 Å². The van der Waals surface area contributed by atoms with Gasteiger partial charge < -0.3 is 5.11 Å². The van der Waals surface area contributed by atoms with Gasteiger partial charge >= 0.3 is 0 Å². The molecule has 0 radical (unpaired) electrons. The maximum Gasteiger partial charge on any atom is 0.159 e. The third kappa shape index (κ3) is 2.51. The van der Waals surface area contributed by atoms with Crippen molar-refractivity contribution in [3.05, 3.63) is 35.4 Å². The van der Waals surface area contributed by atoms with Gasteiger partial charge in [-0.25, -0.2) is 8.78 Å². The average Bonchev–Trinajstić information content (AvgIpc) is 2.19. The second kappa shape index (κ2) is 4.68. The molecule has 0 aliphatic heterocycles. The summed E-state index contributed by atoms with van der Waals surface area (Å²) in [4.78, 5) is 0. The number of hydrogen-bond acceptors (Lipinski definition) is 2. The zero-order valence-corrected chi connectivity index (χ0v) is 7.37. The average molecular weight is 197 g/mol. The van der Waals surface area contributed by atoms with E-state index in [1.165, 1.54) is 6.07 Å². The second-order valence-electron chi connectivity index (χ2n) is 2.96. The Morgan fingerprint density at radius 2 is 2.07 bits per heavy atom. The van der Waals surface area contributed by atoms with Crippen molar-refractivity contribution in [1.29, 1.82) is 5.26 Å². The first kappa shape index (κ1) is 10.6. The van der Waals surface area contributed by atoms with Crippen LogP contribution in [0.15, 0.2) is 18.2 Å². The molecule has 0 aliphatic rings. The third-order valence-electron chi connectivity index (χ3n) is 1.87. The lowest BCUT2D eigenvalue weighted by molar-refractivity contribution is 0.255. The lowest BCUT2D eigenvalue weighted by Crippen LogP contribution is -2.07. The number of halogens is 2. The minimum Gasteiger partial charge on any atom is -0.395 e. The Hall–Kier alpha value is -1.47. The molecule has 1 unspecified atom stereocenters. The number of hydrogen-bond donors (Lipinski definition) is 1. The highest BCUT2D eigenvalue weighted by Crippen LogP contribution is 2.12. The summed E-state index contributed by atoms with van der Waals surface area (Å²) >= 11 is 0. The van der Waals surface area contributed by atoms with Crippen molar-refractivity contribution in [2.45, 2.75) is 6.42 Å². The van der Waals surface area contributed by atoms with Gasteiger partial charge in [0.25, 0.3) is 0 Å². The molecule has 0 aromatic heterocycles. The van der Waals surface area contributed by atoms with E-state index in [9.17, 15) is 8.78 Å². The Labute approximate surface area is 80.4 Å². The third-order valence-corrected chi connectivity index (χ3v) is 1.87. The smallest absolute Gasteiger partial charge is 0.159 e. The van der Waals surface area contributed by atoms with Crippen molar-refractivity contribution in [3.8, 4) is 6.07 Å². The molecule has 1 N–H and O–H groups in total. The van der Waals surface area contributed by atoms with Crippen LogP contribution < -0.4 is 0 Å². The molecule has 0 heterocycles. The minimum absolute atomic E-state index is 0.226. The van der Waals surface area contributed by atoms with E-state index < -0.39 is 17.6 Å². The Bertz CT molecular complexity index is 360. The van der Waals surface area contributed by atoms with E-state index in [1.54, 1.807) is 0 Å². The zero-order chi connectivity index (χ0) is 10.6. The van der Waals surface area contributed by atoms with E-state index in [0.717, 1.165) is 12.1 Å². The van der Waals surface area contributed by atoms with Gasteiger partial charge in [0.15, 0.2) is 11.6 Å². The topological polar surface area (TPSA) is 44.0 Å². The van der Waals surface area contributed by atoms with Gasteiger partial charge in [0.05, 0.1) is 18.6 Å². The van der Waals surface area contributed by atoms with E-state index in [4.69, 9.17) is 10.4 Å². The molecular formula is C10H9F2NO. The van der Waals surface area contributed by atoms with Crippen molar-refractivity contribution in [1.82, 2.24) is 0 Å². The van der Waals surface area contributed by atoms with E-state index in [1.807, 2.05) is 6.07 Å². The molecule has 2 nitrogen and oxygen atoms in total. The van der Waals surface area contributed by atoms with Crippen LogP contribution in [0, 0.1) is 28.9 Å². The number of rotatable bonds is 3. The maximum absolute atomic E-state index is 12.7. The van der Waals surface area contributed by atoms with Gasteiger partial charge in [0.1, 0.15) is 0 Å². The molecule has 4 heteroatoms. The van der Waals surface area contributed by atoms with Crippen LogP contribution in [-0.4, -0.2) is 11.7 Å². The number of benzene rings is 1. The van der Waals surface area contributed by atoms with Gasteiger partial charge in [-0.1, -0.05) is 6.07 Å². The standard InChI is InChI=1S/C10H9F2NO/c11-9-2-1-7(4-10(9)12)3-8(5-13)6-14/h1-2,4,8,14H,3,6H2. The molecule has 0 bridgehead atoms. The fourth-order valence-corrected chi connectivity index (χ4v) is 1.10. The summed E-state index contributed by atoms with van der Waals surface area (Å²) in [5.41, 5.74) is 0.504. The summed E-state index contributed by atoms with van der Waals surface area (Å²) in [5, 5.41) is 17.3. The zero-order valence-electron chi connectivity index (χ0n) is 7.37. The van der Waals surface area contributed by atoms with E-state index >= 15 is 0 Å². The molecule has 0 saturated heterocycles. The number of nitrogens with zero attached hydrogens (tertiary/aromatic N) is 1. The van der Waals surface area contributed by atoms with E-state index in [-0.39, 0.29) is 13.0 Å². The Morgan fingerprint density at radius 1 is 1.36 bits per heavy atom. The van der Waals surface area contributed by atoms with Crippen molar-refractivity contribution in [2.24, 2.45) is 5.92 Å². The fourth-order valence-electron chi connectivity index (χ4n) is 1.10. The normalized spacial score (nSPS) is 12.1. The van der Waals surface area contributed by atoms with Gasteiger partial charge in [-0.15, -0.1) is 0 Å². The quantitative estimate of drug-likeness (QED) is 0.800. The van der Waals surface area contributed by atoms with Crippen LogP contribution in [0.25, 0.3) is 0 Å². The Morgan fingerprint density at radius 3 is 2.57 bits per heavy atom. The highest BCUT2D eigenvalue weighted by Gasteiger charge is 2.09. The van der Waals surface area contributed by atoms with Gasteiger partial charge in [-0.2, -0.15) is 5.26 Å². The number of aliphatic hydroxyl groups excluding tert-OH is 1. The number of nitriles is 1. The summed E-state index contributed by atoms with van der Waals surface area (Å²) in [7, 11) is 0.